The van der Waals surface area contributed by atoms with Gasteiger partial charge < -0.3 is 9.63 Å². The predicted molar refractivity (Wildman–Crippen MR) is 110 cm³/mol. The average molecular weight is 448 g/mol. The fourth-order valence-corrected chi connectivity index (χ4v) is 3.38. The molecule has 0 aliphatic carbocycles. The van der Waals surface area contributed by atoms with Gasteiger partial charge in [-0.1, -0.05) is 23.4 Å². The van der Waals surface area contributed by atoms with Gasteiger partial charge >= 0.3 is 5.97 Å². The van der Waals surface area contributed by atoms with Crippen LogP contribution in [0.15, 0.2) is 71.7 Å². The maximum Gasteiger partial charge on any atom is 0.352 e. The molecule has 0 aliphatic heterocycles. The van der Waals surface area contributed by atoms with Gasteiger partial charge in [0.05, 0.1) is 18.4 Å². The average Bonchev–Trinajstić information content (AvgIpc) is 3.56. The van der Waals surface area contributed by atoms with Crippen LogP contribution in [0.3, 0.4) is 0 Å². The van der Waals surface area contributed by atoms with Crippen LogP contribution in [0.1, 0.15) is 16.1 Å². The zero-order valence-corrected chi connectivity index (χ0v) is 16.8. The van der Waals surface area contributed by atoms with Crippen molar-refractivity contribution >= 4 is 5.97 Å². The molecule has 4 aromatic heterocycles. The summed E-state index contributed by atoms with van der Waals surface area (Å²) < 4.78 is 36.3. The number of benzene rings is 1. The first-order chi connectivity index (χ1) is 16.0. The molecule has 0 amide bonds. The third kappa shape index (κ3) is 3.76. The summed E-state index contributed by atoms with van der Waals surface area (Å²) in [6.07, 6.45) is 3.71. The van der Waals surface area contributed by atoms with E-state index in [9.17, 15) is 18.7 Å². The monoisotopic (exact) mass is 448 g/mol. The van der Waals surface area contributed by atoms with E-state index in [4.69, 9.17) is 4.52 Å². The van der Waals surface area contributed by atoms with Crippen LogP contribution in [0.25, 0.3) is 28.7 Å². The molecule has 5 rings (SSSR count). The standard InChI is InChI=1S/C22H14F2N6O3/c23-14-5-2-1-4-13(14)12-30-19(16-7-9-33-28-16)10-17(27-30)20-25-11-15(24)21(26-20)29-8-3-6-18(29)22(31)32/h1-11H,12H2,(H,31,32). The minimum Gasteiger partial charge on any atom is -0.477 e. The summed E-state index contributed by atoms with van der Waals surface area (Å²) in [5.74, 6) is -2.63. The minimum atomic E-state index is -1.23. The van der Waals surface area contributed by atoms with Gasteiger partial charge in [0.1, 0.15) is 29.2 Å². The largest absolute Gasteiger partial charge is 0.477 e. The molecule has 0 fully saturated rings. The third-order valence-electron chi connectivity index (χ3n) is 4.91. The first-order valence-corrected chi connectivity index (χ1v) is 9.67. The van der Waals surface area contributed by atoms with E-state index in [1.807, 2.05) is 0 Å². The van der Waals surface area contributed by atoms with Gasteiger partial charge in [-0.3, -0.25) is 9.25 Å². The van der Waals surface area contributed by atoms with Crippen molar-refractivity contribution in [2.75, 3.05) is 0 Å². The van der Waals surface area contributed by atoms with Crippen molar-refractivity contribution in [1.82, 2.24) is 29.5 Å². The Labute approximate surface area is 184 Å². The Balaban J connectivity index is 1.61. The van der Waals surface area contributed by atoms with E-state index in [1.54, 1.807) is 30.3 Å². The number of aromatic nitrogens is 6. The van der Waals surface area contributed by atoms with E-state index in [2.05, 4.69) is 20.2 Å². The number of aromatic carboxylic acids is 1. The first kappa shape index (κ1) is 20.2. The smallest absolute Gasteiger partial charge is 0.352 e. The molecule has 0 saturated heterocycles. The number of nitrogens with zero attached hydrogens (tertiary/aromatic N) is 6. The van der Waals surface area contributed by atoms with E-state index in [1.165, 1.54) is 35.3 Å². The Morgan fingerprint density at radius 2 is 1.91 bits per heavy atom. The maximum absolute atomic E-state index is 14.5. The van der Waals surface area contributed by atoms with E-state index < -0.39 is 17.6 Å². The van der Waals surface area contributed by atoms with Crippen molar-refractivity contribution in [3.8, 4) is 28.7 Å². The molecule has 164 valence electrons. The van der Waals surface area contributed by atoms with Gasteiger partial charge in [0.2, 0.25) is 0 Å². The molecule has 1 N–H and O–H groups in total. The first-order valence-electron chi connectivity index (χ1n) is 9.67. The van der Waals surface area contributed by atoms with E-state index in [0.29, 0.717) is 17.0 Å². The topological polar surface area (TPSA) is 112 Å². The Bertz CT molecular complexity index is 1460. The van der Waals surface area contributed by atoms with Crippen LogP contribution in [-0.2, 0) is 6.54 Å². The van der Waals surface area contributed by atoms with E-state index in [-0.39, 0.29) is 29.6 Å². The summed E-state index contributed by atoms with van der Waals surface area (Å²) in [5, 5.41) is 17.8. The summed E-state index contributed by atoms with van der Waals surface area (Å²) >= 11 is 0. The van der Waals surface area contributed by atoms with Gasteiger partial charge in [-0.05, 0) is 24.3 Å². The van der Waals surface area contributed by atoms with Gasteiger partial charge in [-0.25, -0.2) is 23.5 Å². The molecule has 0 unspecified atom stereocenters. The van der Waals surface area contributed by atoms with Gasteiger partial charge in [0.15, 0.2) is 17.5 Å². The molecule has 11 heteroatoms. The highest BCUT2D eigenvalue weighted by atomic mass is 19.1. The van der Waals surface area contributed by atoms with Crippen molar-refractivity contribution in [2.24, 2.45) is 0 Å². The Hall–Kier alpha value is -4.67. The number of hydrogen-bond donors (Lipinski definition) is 1. The molecule has 0 aliphatic rings. The van der Waals surface area contributed by atoms with E-state index in [0.717, 1.165) is 10.8 Å². The molecular formula is C22H14F2N6O3. The molecule has 0 bridgehead atoms. The lowest BCUT2D eigenvalue weighted by Crippen LogP contribution is -2.10. The van der Waals surface area contributed by atoms with Crippen LogP contribution < -0.4 is 0 Å². The number of carboxylic acids is 1. The Morgan fingerprint density at radius 1 is 1.06 bits per heavy atom. The maximum atomic E-state index is 14.5. The van der Waals surface area contributed by atoms with Gasteiger partial charge in [-0.2, -0.15) is 5.10 Å². The summed E-state index contributed by atoms with van der Waals surface area (Å²) in [4.78, 5) is 19.7. The molecule has 4 heterocycles. The van der Waals surface area contributed by atoms with Crippen molar-refractivity contribution in [3.05, 3.63) is 90.1 Å². The van der Waals surface area contributed by atoms with Crippen LogP contribution in [0.5, 0.6) is 0 Å². The van der Waals surface area contributed by atoms with Crippen LogP contribution in [0, 0.1) is 11.6 Å². The highest BCUT2D eigenvalue weighted by Crippen LogP contribution is 2.26. The fraction of sp³-hybridized carbons (Fsp3) is 0.0455. The van der Waals surface area contributed by atoms with Crippen molar-refractivity contribution in [2.45, 2.75) is 6.54 Å². The second kappa shape index (κ2) is 8.11. The zero-order chi connectivity index (χ0) is 22.9. The molecule has 0 radical (unpaired) electrons. The highest BCUT2D eigenvalue weighted by molar-refractivity contribution is 5.86. The lowest BCUT2D eigenvalue weighted by atomic mass is 10.2. The number of hydrogen-bond acceptors (Lipinski definition) is 6. The Morgan fingerprint density at radius 3 is 2.67 bits per heavy atom. The molecule has 0 saturated carbocycles. The van der Waals surface area contributed by atoms with Crippen molar-refractivity contribution < 1.29 is 23.2 Å². The molecule has 33 heavy (non-hydrogen) atoms. The lowest BCUT2D eigenvalue weighted by Gasteiger charge is -2.08. The van der Waals surface area contributed by atoms with Crippen molar-refractivity contribution in [1.29, 1.82) is 0 Å². The number of carbonyl (C=O) groups is 1. The number of rotatable bonds is 6. The predicted octanol–water partition coefficient (Wildman–Crippen LogP) is 3.81. The van der Waals surface area contributed by atoms with Crippen molar-refractivity contribution in [3.63, 3.8) is 0 Å². The van der Waals surface area contributed by atoms with Crippen LogP contribution in [-0.4, -0.2) is 40.5 Å². The van der Waals surface area contributed by atoms with Gasteiger partial charge in [0, 0.05) is 17.8 Å². The van der Waals surface area contributed by atoms with Crippen LogP contribution in [0.2, 0.25) is 0 Å². The van der Waals surface area contributed by atoms with Gasteiger partial charge in [-0.15, -0.1) is 0 Å². The SMILES string of the molecule is O=C(O)c1cccn1-c1nc(-c2cc(-c3ccon3)n(Cc3ccccc3F)n2)ncc1F. The molecule has 9 nitrogen and oxygen atoms in total. The second-order valence-corrected chi connectivity index (χ2v) is 6.98. The molecule has 1 aromatic carbocycles. The third-order valence-corrected chi connectivity index (χ3v) is 4.91. The summed E-state index contributed by atoms with van der Waals surface area (Å²) in [6, 6.07) is 12.3. The molecule has 0 spiro atoms. The highest BCUT2D eigenvalue weighted by Gasteiger charge is 2.20. The number of halogens is 2. The second-order valence-electron chi connectivity index (χ2n) is 6.98. The molecule has 0 atom stereocenters. The quantitative estimate of drug-likeness (QED) is 0.420. The molecule has 5 aromatic rings. The normalized spacial score (nSPS) is 11.1. The Kier molecular flexibility index (Phi) is 4.98. The fourth-order valence-electron chi connectivity index (χ4n) is 3.38. The van der Waals surface area contributed by atoms with Crippen LogP contribution >= 0.6 is 0 Å². The summed E-state index contributed by atoms with van der Waals surface area (Å²) in [5.41, 5.74) is 1.45. The van der Waals surface area contributed by atoms with Gasteiger partial charge in [0.25, 0.3) is 0 Å². The lowest BCUT2D eigenvalue weighted by molar-refractivity contribution is 0.0688. The summed E-state index contributed by atoms with van der Waals surface area (Å²) in [7, 11) is 0. The molecular weight excluding hydrogens is 434 g/mol. The summed E-state index contributed by atoms with van der Waals surface area (Å²) in [6.45, 7) is 0.0870. The minimum absolute atomic E-state index is 0.0495. The van der Waals surface area contributed by atoms with E-state index >= 15 is 0 Å². The number of carboxylic acid groups (broad SMARTS) is 1. The zero-order valence-electron chi connectivity index (χ0n) is 16.8. The van der Waals surface area contributed by atoms with Crippen LogP contribution in [0.4, 0.5) is 8.78 Å².